The monoisotopic (exact) mass is 541 g/mol. The van der Waals surface area contributed by atoms with Gasteiger partial charge >= 0.3 is 6.18 Å². The quantitative estimate of drug-likeness (QED) is 0.345. The van der Waals surface area contributed by atoms with Gasteiger partial charge in [0.25, 0.3) is 0 Å². The molecule has 10 heteroatoms. The van der Waals surface area contributed by atoms with E-state index in [1.807, 2.05) is 29.0 Å². The van der Waals surface area contributed by atoms with Gasteiger partial charge in [0.1, 0.15) is 0 Å². The molecule has 3 aromatic rings. The molecule has 1 heterocycles. The Morgan fingerprint density at radius 2 is 1.71 bits per heavy atom. The summed E-state index contributed by atoms with van der Waals surface area (Å²) in [5.41, 5.74) is 7.56. The molecule has 0 spiro atoms. The number of thioether (sulfide) groups is 1. The van der Waals surface area contributed by atoms with Gasteiger partial charge in [-0.1, -0.05) is 47.5 Å². The van der Waals surface area contributed by atoms with E-state index in [4.69, 9.17) is 23.2 Å². The number of nitrogens with one attached hydrogen (secondary N) is 1. The second kappa shape index (κ2) is 9.72. The van der Waals surface area contributed by atoms with E-state index in [1.165, 1.54) is 12.1 Å². The molecule has 0 aromatic heterocycles. The van der Waals surface area contributed by atoms with Crippen LogP contribution < -0.4 is 4.72 Å². The molecule has 1 N–H and O–H groups in total. The summed E-state index contributed by atoms with van der Waals surface area (Å²) in [6, 6.07) is 17.3. The summed E-state index contributed by atoms with van der Waals surface area (Å²) >= 11 is 14.0. The topological polar surface area (TPSA) is 46.2 Å². The molecular formula is C24H16Cl2F3NO2S2. The van der Waals surface area contributed by atoms with Gasteiger partial charge in [-0.15, -0.1) is 17.5 Å². The Bertz CT molecular complexity index is 1370. The number of hydrogen-bond acceptors (Lipinski definition) is 3. The van der Waals surface area contributed by atoms with Gasteiger partial charge in [-0.05, 0) is 59.2 Å². The second-order valence-electron chi connectivity index (χ2n) is 7.50. The lowest BCUT2D eigenvalue weighted by Crippen LogP contribution is -2.27. The van der Waals surface area contributed by atoms with Crippen LogP contribution in [-0.2, 0) is 15.8 Å². The van der Waals surface area contributed by atoms with Crippen LogP contribution in [0.2, 0.25) is 10.0 Å². The first-order valence-electron chi connectivity index (χ1n) is 9.85. The molecule has 34 heavy (non-hydrogen) atoms. The van der Waals surface area contributed by atoms with Gasteiger partial charge in [0.2, 0.25) is 10.0 Å². The Morgan fingerprint density at radius 3 is 2.44 bits per heavy atom. The van der Waals surface area contributed by atoms with Gasteiger partial charge in [0.05, 0.1) is 0 Å². The summed E-state index contributed by atoms with van der Waals surface area (Å²) in [4.78, 5) is 0.976. The number of halogens is 5. The molecule has 0 bridgehead atoms. The van der Waals surface area contributed by atoms with Crippen molar-refractivity contribution in [2.75, 3.05) is 10.5 Å². The molecule has 4 rings (SSSR count). The lowest BCUT2D eigenvalue weighted by molar-refractivity contribution is -0.106. The van der Waals surface area contributed by atoms with E-state index in [0.717, 1.165) is 27.2 Å². The molecule has 0 aliphatic carbocycles. The van der Waals surface area contributed by atoms with Crippen molar-refractivity contribution in [3.63, 3.8) is 0 Å². The maximum atomic E-state index is 12.5. The number of rotatable bonds is 4. The third-order valence-corrected chi connectivity index (χ3v) is 7.66. The highest BCUT2D eigenvalue weighted by molar-refractivity contribution is 7.98. The van der Waals surface area contributed by atoms with Crippen LogP contribution in [0.1, 0.15) is 22.3 Å². The van der Waals surface area contributed by atoms with Gasteiger partial charge in [-0.3, -0.25) is 4.72 Å². The van der Waals surface area contributed by atoms with Crippen LogP contribution in [-0.4, -0.2) is 20.3 Å². The minimum atomic E-state index is -4.84. The Kier molecular flexibility index (Phi) is 7.08. The first-order chi connectivity index (χ1) is 16.0. The van der Waals surface area contributed by atoms with Gasteiger partial charge in [-0.2, -0.15) is 13.2 Å². The fourth-order valence-corrected chi connectivity index (χ4v) is 5.99. The first-order valence-corrected chi connectivity index (χ1v) is 13.2. The Labute approximate surface area is 209 Å². The fraction of sp³-hybridized carbons (Fsp3) is 0.125. The standard InChI is InChI=1S/C24H16Cl2F3NO2S2/c25-17-5-8-20-16(11-17)13-33-23-12-18(26)6-9-22(23)21(20)7-4-15-2-1-3-19(10-15)30-34(31,32)14-24(27,28)29/h1-6,8-12,30H,13-14H2. The highest BCUT2D eigenvalue weighted by atomic mass is 35.5. The summed E-state index contributed by atoms with van der Waals surface area (Å²) in [6.07, 6.45) is -3.18. The fourth-order valence-electron chi connectivity index (χ4n) is 3.48. The first kappa shape index (κ1) is 24.8. The van der Waals surface area contributed by atoms with Crippen molar-refractivity contribution in [1.29, 1.82) is 0 Å². The van der Waals surface area contributed by atoms with Crippen molar-refractivity contribution < 1.29 is 21.6 Å². The predicted octanol–water partition coefficient (Wildman–Crippen LogP) is 7.65. The third-order valence-electron chi connectivity index (χ3n) is 4.83. The van der Waals surface area contributed by atoms with E-state index in [2.05, 4.69) is 5.73 Å². The van der Waals surface area contributed by atoms with Crippen LogP contribution in [0.15, 0.2) is 71.3 Å². The highest BCUT2D eigenvalue weighted by Gasteiger charge is 2.35. The van der Waals surface area contributed by atoms with Crippen LogP contribution in [0.3, 0.4) is 0 Å². The predicted molar refractivity (Wildman–Crippen MR) is 133 cm³/mol. The number of hydrogen-bond donors (Lipinski definition) is 1. The number of anilines is 1. The molecular weight excluding hydrogens is 526 g/mol. The van der Waals surface area contributed by atoms with Crippen LogP contribution in [0.25, 0.3) is 11.6 Å². The van der Waals surface area contributed by atoms with E-state index in [9.17, 15) is 21.6 Å². The van der Waals surface area contributed by atoms with E-state index in [-0.39, 0.29) is 5.69 Å². The summed E-state index contributed by atoms with van der Waals surface area (Å²) < 4.78 is 63.2. The van der Waals surface area contributed by atoms with Crippen molar-refractivity contribution in [1.82, 2.24) is 0 Å². The molecule has 0 fully saturated rings. The average Bonchev–Trinajstić information content (AvgIpc) is 2.86. The third kappa shape index (κ3) is 6.20. The van der Waals surface area contributed by atoms with E-state index in [1.54, 1.807) is 42.1 Å². The lowest BCUT2D eigenvalue weighted by atomic mass is 9.95. The average molecular weight is 542 g/mol. The summed E-state index contributed by atoms with van der Waals surface area (Å²) in [7, 11) is -4.58. The van der Waals surface area contributed by atoms with Gasteiger partial charge in [0.15, 0.2) is 5.75 Å². The molecule has 3 aromatic carbocycles. The van der Waals surface area contributed by atoms with Crippen molar-refractivity contribution in [2.24, 2.45) is 0 Å². The van der Waals surface area contributed by atoms with Crippen molar-refractivity contribution >= 4 is 62.3 Å². The van der Waals surface area contributed by atoms with Gasteiger partial charge in [0, 0.05) is 37.5 Å². The molecule has 3 nitrogen and oxygen atoms in total. The molecule has 0 saturated heterocycles. The minimum absolute atomic E-state index is 0.0283. The maximum Gasteiger partial charge on any atom is 0.404 e. The molecule has 0 saturated carbocycles. The summed E-state index contributed by atoms with van der Waals surface area (Å²) in [5, 5.41) is 1.22. The largest absolute Gasteiger partial charge is 0.404 e. The minimum Gasteiger partial charge on any atom is -0.283 e. The number of fused-ring (bicyclic) bond motifs is 2. The van der Waals surface area contributed by atoms with Crippen molar-refractivity contribution in [3.8, 4) is 0 Å². The number of sulfonamides is 1. The highest BCUT2D eigenvalue weighted by Crippen LogP contribution is 2.41. The van der Waals surface area contributed by atoms with Crippen molar-refractivity contribution in [3.05, 3.63) is 98.7 Å². The van der Waals surface area contributed by atoms with Gasteiger partial charge in [-0.25, -0.2) is 8.42 Å². The normalized spacial score (nSPS) is 13.4. The Morgan fingerprint density at radius 1 is 1.00 bits per heavy atom. The van der Waals surface area contributed by atoms with E-state index < -0.39 is 22.0 Å². The molecule has 0 amide bonds. The van der Waals surface area contributed by atoms with Crippen LogP contribution >= 0.6 is 35.0 Å². The zero-order valence-corrected chi connectivity index (χ0v) is 20.4. The second-order valence-corrected chi connectivity index (χ2v) is 11.1. The molecule has 1 aliphatic rings. The number of benzene rings is 3. The summed E-state index contributed by atoms with van der Waals surface area (Å²) in [5.74, 6) is -1.27. The van der Waals surface area contributed by atoms with E-state index in [0.29, 0.717) is 21.4 Å². The molecule has 0 atom stereocenters. The molecule has 0 unspecified atom stereocenters. The van der Waals surface area contributed by atoms with Crippen molar-refractivity contribution in [2.45, 2.75) is 16.8 Å². The smallest absolute Gasteiger partial charge is 0.283 e. The van der Waals surface area contributed by atoms with E-state index >= 15 is 0 Å². The van der Waals surface area contributed by atoms with Crippen LogP contribution in [0.4, 0.5) is 18.9 Å². The lowest BCUT2D eigenvalue weighted by Gasteiger charge is -2.11. The molecule has 1 aliphatic heterocycles. The number of alkyl halides is 3. The SMILES string of the molecule is O=S(=O)(CC(F)(F)F)Nc1cccc(C=C=C2c3ccc(Cl)cc3CSc3cc(Cl)ccc32)c1. The molecule has 0 radical (unpaired) electrons. The Hall–Kier alpha value is -2.35. The summed E-state index contributed by atoms with van der Waals surface area (Å²) in [6.45, 7) is 0. The van der Waals surface area contributed by atoms with Crippen LogP contribution in [0.5, 0.6) is 0 Å². The zero-order chi connectivity index (χ0) is 24.5. The Balaban J connectivity index is 1.77. The zero-order valence-electron chi connectivity index (χ0n) is 17.3. The van der Waals surface area contributed by atoms with Crippen LogP contribution in [0, 0.1) is 0 Å². The maximum absolute atomic E-state index is 12.5. The van der Waals surface area contributed by atoms with Gasteiger partial charge < -0.3 is 0 Å². The molecule has 176 valence electrons.